The maximum atomic E-state index is 11.8. The highest BCUT2D eigenvalue weighted by Gasteiger charge is 2.32. The maximum Gasteiger partial charge on any atom is 0.334 e. The molecule has 43 heavy (non-hydrogen) atoms. The van der Waals surface area contributed by atoms with Crippen LogP contribution < -0.4 is 16.0 Å². The first-order valence-electron chi connectivity index (χ1n) is 15.2. The highest BCUT2D eigenvalue weighted by Crippen LogP contribution is 2.30. The molecule has 3 N–H and O–H groups in total. The summed E-state index contributed by atoms with van der Waals surface area (Å²) >= 11 is 6.55. The number of carbonyl (C=O) groups excluding carboxylic acids is 1. The van der Waals surface area contributed by atoms with Gasteiger partial charge in [0, 0.05) is 48.5 Å². The second-order valence-electron chi connectivity index (χ2n) is 11.4. The first-order chi connectivity index (χ1) is 20.7. The lowest BCUT2D eigenvalue weighted by atomic mass is 9.82. The third kappa shape index (κ3) is 10.9. The molecule has 0 radical (unpaired) electrons. The predicted molar refractivity (Wildman–Crippen MR) is 171 cm³/mol. The van der Waals surface area contributed by atoms with E-state index in [0.717, 1.165) is 31.3 Å². The number of ether oxygens (including phenoxy) is 3. The molecule has 2 atom stereocenters. The van der Waals surface area contributed by atoms with Gasteiger partial charge >= 0.3 is 5.97 Å². The Balaban J connectivity index is 1.54. The van der Waals surface area contributed by atoms with Crippen molar-refractivity contribution in [1.82, 2.24) is 15.6 Å². The lowest BCUT2D eigenvalue weighted by molar-refractivity contribution is -0.155. The molecule has 2 aliphatic rings. The highest BCUT2D eigenvalue weighted by atomic mass is 35.5. The van der Waals surface area contributed by atoms with Crippen LogP contribution in [0.25, 0.3) is 5.57 Å². The van der Waals surface area contributed by atoms with Gasteiger partial charge in [-0.05, 0) is 91.1 Å². The van der Waals surface area contributed by atoms with Crippen LogP contribution in [0.4, 0.5) is 5.82 Å². The van der Waals surface area contributed by atoms with Crippen LogP contribution in [0.1, 0.15) is 71.9 Å². The average molecular weight is 615 g/mol. The lowest BCUT2D eigenvalue weighted by Crippen LogP contribution is -2.44. The Bertz CT molecular complexity index is 1160. The second kappa shape index (κ2) is 17.4. The quantitative estimate of drug-likeness (QED) is 0.139. The minimum atomic E-state index is -0.571. The summed E-state index contributed by atoms with van der Waals surface area (Å²) < 4.78 is 16.1. The summed E-state index contributed by atoms with van der Waals surface area (Å²) in [5.41, 5.74) is 1.01. The molecule has 10 nitrogen and oxygen atoms in total. The Hall–Kier alpha value is -2.97. The van der Waals surface area contributed by atoms with E-state index in [-0.39, 0.29) is 18.1 Å². The van der Waals surface area contributed by atoms with Crippen molar-refractivity contribution >= 4 is 35.7 Å². The Kier molecular flexibility index (Phi) is 13.9. The number of hydrogen-bond donors (Lipinski definition) is 3. The van der Waals surface area contributed by atoms with Crippen LogP contribution in [0.15, 0.2) is 40.1 Å². The molecule has 11 heteroatoms. The molecule has 1 saturated heterocycles. The van der Waals surface area contributed by atoms with Gasteiger partial charge in [-0.15, -0.1) is 0 Å². The minimum Gasteiger partial charge on any atom is -0.464 e. The Morgan fingerprint density at radius 3 is 2.60 bits per heavy atom. The van der Waals surface area contributed by atoms with E-state index < -0.39 is 11.5 Å². The molecular formula is C32H47ClN6O4. The summed E-state index contributed by atoms with van der Waals surface area (Å²) in [5.74, 6) is 0.999. The van der Waals surface area contributed by atoms with Crippen LogP contribution in [0.3, 0.4) is 0 Å². The van der Waals surface area contributed by atoms with Gasteiger partial charge in [0.1, 0.15) is 11.6 Å². The molecule has 2 heterocycles. The normalized spacial score (nSPS) is 22.4. The molecule has 0 amide bonds. The molecule has 1 saturated carbocycles. The van der Waals surface area contributed by atoms with Gasteiger partial charge in [0.25, 0.3) is 0 Å². The fourth-order valence-electron chi connectivity index (χ4n) is 5.33. The van der Waals surface area contributed by atoms with Crippen molar-refractivity contribution in [3.63, 3.8) is 0 Å². The zero-order valence-electron chi connectivity index (χ0n) is 26.0. The van der Waals surface area contributed by atoms with Crippen LogP contribution >= 0.6 is 11.6 Å². The summed E-state index contributed by atoms with van der Waals surface area (Å²) in [4.78, 5) is 20.8. The number of anilines is 1. The number of pyridine rings is 1. The first kappa shape index (κ1) is 34.5. The molecule has 1 aromatic rings. The zero-order valence-corrected chi connectivity index (χ0v) is 26.7. The Labute approximate surface area is 261 Å². The van der Waals surface area contributed by atoms with Gasteiger partial charge in [-0.3, -0.25) is 0 Å². The fraction of sp³-hybridized carbons (Fsp3) is 0.625. The molecule has 2 fully saturated rings. The number of rotatable bonds is 15. The van der Waals surface area contributed by atoms with Gasteiger partial charge in [0.15, 0.2) is 6.10 Å². The topological polar surface area (TPSA) is 130 Å². The maximum absolute atomic E-state index is 11.8. The molecule has 0 spiro atoms. The van der Waals surface area contributed by atoms with E-state index >= 15 is 0 Å². The number of allylic oxidation sites excluding steroid dienone is 3. The van der Waals surface area contributed by atoms with Crippen molar-refractivity contribution in [1.29, 1.82) is 5.26 Å². The molecule has 236 valence electrons. The van der Waals surface area contributed by atoms with Crippen molar-refractivity contribution in [3.8, 4) is 6.07 Å². The third-order valence-electron chi connectivity index (χ3n) is 7.96. The van der Waals surface area contributed by atoms with E-state index in [1.165, 1.54) is 0 Å². The van der Waals surface area contributed by atoms with Gasteiger partial charge in [-0.2, -0.15) is 5.26 Å². The average Bonchev–Trinajstić information content (AvgIpc) is 3.02. The van der Waals surface area contributed by atoms with Crippen LogP contribution in [0, 0.1) is 16.7 Å². The van der Waals surface area contributed by atoms with Crippen molar-refractivity contribution < 1.29 is 19.0 Å². The minimum absolute atomic E-state index is 0.121. The monoisotopic (exact) mass is 614 g/mol. The number of nitrogens with one attached hydrogen (secondary N) is 3. The van der Waals surface area contributed by atoms with Crippen molar-refractivity contribution in [2.45, 2.75) is 90.4 Å². The third-order valence-corrected chi connectivity index (χ3v) is 8.16. The fourth-order valence-corrected chi connectivity index (χ4v) is 5.48. The number of hydrogen-bond acceptors (Lipinski definition) is 10. The number of nitriles is 1. The molecule has 3 rings (SSSR count). The standard InChI is InChI=1S/C32H47ClN6O4/c1-6-42-31(40)24(4)43-19-22(2)37-25-10-12-26(13-11-25)38-30(35-5)18-27(23(3)33)28-8-7-9-29(39-28)36-21-32(20-34)14-16-41-17-15-32/h7-9,18,22,24-26,37-38H,5-6,10-17,19,21H2,1-4H3,(H,36,39)/b27-23-,30-18+/t22-,24+,25-,26-/m1/s1. The lowest BCUT2D eigenvalue weighted by Gasteiger charge is -2.32. The Morgan fingerprint density at radius 1 is 1.28 bits per heavy atom. The van der Waals surface area contributed by atoms with Crippen LogP contribution in [0.5, 0.6) is 0 Å². The first-order valence-corrected chi connectivity index (χ1v) is 15.6. The summed E-state index contributed by atoms with van der Waals surface area (Å²) in [6, 6.07) is 8.96. The van der Waals surface area contributed by atoms with Crippen LogP contribution in [0.2, 0.25) is 0 Å². The Morgan fingerprint density at radius 2 is 1.98 bits per heavy atom. The molecule has 1 aromatic heterocycles. The number of esters is 1. The number of halogens is 1. The summed E-state index contributed by atoms with van der Waals surface area (Å²) in [6.07, 6.45) is 6.67. The van der Waals surface area contributed by atoms with Crippen molar-refractivity contribution in [2.24, 2.45) is 10.4 Å². The zero-order chi connectivity index (χ0) is 31.2. The summed E-state index contributed by atoms with van der Waals surface area (Å²) in [6.45, 7) is 13.7. The van der Waals surface area contributed by atoms with Gasteiger partial charge < -0.3 is 30.2 Å². The van der Waals surface area contributed by atoms with Gasteiger partial charge in [-0.25, -0.2) is 14.8 Å². The molecular weight excluding hydrogens is 568 g/mol. The number of nitrogens with zero attached hydrogens (tertiary/aromatic N) is 3. The van der Waals surface area contributed by atoms with E-state index in [9.17, 15) is 10.1 Å². The molecule has 0 aromatic carbocycles. The van der Waals surface area contributed by atoms with E-state index in [0.29, 0.717) is 74.2 Å². The molecule has 0 bridgehead atoms. The van der Waals surface area contributed by atoms with E-state index in [2.05, 4.69) is 40.7 Å². The largest absolute Gasteiger partial charge is 0.464 e. The summed E-state index contributed by atoms with van der Waals surface area (Å²) in [5, 5.41) is 20.9. The van der Waals surface area contributed by atoms with Gasteiger partial charge in [0.05, 0.1) is 30.4 Å². The van der Waals surface area contributed by atoms with Crippen LogP contribution in [-0.2, 0) is 19.0 Å². The van der Waals surface area contributed by atoms with E-state index in [1.807, 2.05) is 31.2 Å². The van der Waals surface area contributed by atoms with E-state index in [1.54, 1.807) is 13.8 Å². The summed E-state index contributed by atoms with van der Waals surface area (Å²) in [7, 11) is 0. The SMILES string of the molecule is C=N/C(=C\C(=C(/C)Cl)c1cccc(NCC2(C#N)CCOCC2)n1)N[C@H]1CC[C@H](N[C@H](C)CO[C@@H](C)C(=O)OCC)CC1. The van der Waals surface area contributed by atoms with Gasteiger partial charge in [-0.1, -0.05) is 17.7 Å². The number of carbonyl (C=O) groups is 1. The van der Waals surface area contributed by atoms with Crippen LogP contribution in [-0.4, -0.2) is 74.9 Å². The van der Waals surface area contributed by atoms with Crippen molar-refractivity contribution in [2.75, 3.05) is 38.3 Å². The van der Waals surface area contributed by atoms with Gasteiger partial charge in [0.2, 0.25) is 0 Å². The number of aliphatic imine (C=N–C) groups is 1. The van der Waals surface area contributed by atoms with Crippen molar-refractivity contribution in [3.05, 3.63) is 40.8 Å². The van der Waals surface area contributed by atoms with E-state index in [4.69, 9.17) is 30.8 Å². The number of aromatic nitrogens is 1. The molecule has 1 aliphatic carbocycles. The second-order valence-corrected chi connectivity index (χ2v) is 12.0. The predicted octanol–water partition coefficient (Wildman–Crippen LogP) is 5.17. The highest BCUT2D eigenvalue weighted by molar-refractivity contribution is 6.32. The smallest absolute Gasteiger partial charge is 0.334 e. The molecule has 1 aliphatic heterocycles. The molecule has 0 unspecified atom stereocenters.